The van der Waals surface area contributed by atoms with Gasteiger partial charge in [-0.25, -0.2) is 4.68 Å². The van der Waals surface area contributed by atoms with Crippen LogP contribution < -0.4 is 5.56 Å². The van der Waals surface area contributed by atoms with E-state index in [9.17, 15) is 4.79 Å². The zero-order chi connectivity index (χ0) is 27.4. The summed E-state index contributed by atoms with van der Waals surface area (Å²) in [6, 6.07) is 28.5. The second kappa shape index (κ2) is 11.3. The Kier molecular flexibility index (Phi) is 7.70. The molecule has 1 atom stereocenters. The molecule has 0 aliphatic carbocycles. The number of fused-ring (bicyclic) bond motifs is 1. The van der Waals surface area contributed by atoms with E-state index in [1.54, 1.807) is 0 Å². The van der Waals surface area contributed by atoms with E-state index < -0.39 is 6.04 Å². The number of rotatable bonds is 10. The first-order valence-electron chi connectivity index (χ1n) is 13.6. The van der Waals surface area contributed by atoms with Gasteiger partial charge in [0.15, 0.2) is 5.82 Å². The number of aryl methyl sites for hydroxylation is 1. The lowest BCUT2D eigenvalue weighted by Crippen LogP contribution is -2.39. The van der Waals surface area contributed by atoms with E-state index in [-0.39, 0.29) is 11.1 Å². The van der Waals surface area contributed by atoms with Crippen LogP contribution in [0.3, 0.4) is 0 Å². The predicted molar refractivity (Wildman–Crippen MR) is 156 cm³/mol. The van der Waals surface area contributed by atoms with Gasteiger partial charge in [0.1, 0.15) is 6.04 Å². The molecule has 5 rings (SSSR count). The largest absolute Gasteiger partial charge is 0.321 e. The van der Waals surface area contributed by atoms with Gasteiger partial charge in [-0.15, -0.1) is 5.10 Å². The number of tetrazole rings is 1. The Morgan fingerprint density at radius 2 is 1.64 bits per heavy atom. The number of aromatic nitrogens is 5. The molecule has 5 aromatic rings. The average Bonchev–Trinajstić information content (AvgIpc) is 3.44. The molecular formula is C32H36N6O. The summed E-state index contributed by atoms with van der Waals surface area (Å²) in [6.45, 7) is 9.76. The van der Waals surface area contributed by atoms with Crippen LogP contribution in [0, 0.1) is 6.92 Å². The van der Waals surface area contributed by atoms with Crippen LogP contribution in [0.15, 0.2) is 89.7 Å². The third-order valence-electron chi connectivity index (χ3n) is 7.71. The lowest BCUT2D eigenvalue weighted by Gasteiger charge is -2.33. The van der Waals surface area contributed by atoms with Crippen molar-refractivity contribution in [2.45, 2.75) is 58.7 Å². The topological polar surface area (TPSA) is 79.7 Å². The number of hydrogen-bond acceptors (Lipinski definition) is 5. The van der Waals surface area contributed by atoms with E-state index in [4.69, 9.17) is 0 Å². The molecule has 0 aliphatic rings. The average molecular weight is 521 g/mol. The first kappa shape index (κ1) is 26.5. The zero-order valence-corrected chi connectivity index (χ0v) is 23.1. The van der Waals surface area contributed by atoms with Crippen molar-refractivity contribution in [3.05, 3.63) is 123 Å². The van der Waals surface area contributed by atoms with Crippen molar-refractivity contribution in [2.75, 3.05) is 6.54 Å². The van der Waals surface area contributed by atoms with Gasteiger partial charge in [-0.2, -0.15) is 0 Å². The quantitative estimate of drug-likeness (QED) is 0.252. The van der Waals surface area contributed by atoms with E-state index in [0.717, 1.165) is 34.9 Å². The van der Waals surface area contributed by atoms with Crippen molar-refractivity contribution in [3.8, 4) is 0 Å². The lowest BCUT2D eigenvalue weighted by atomic mass is 9.98. The Labute approximate surface area is 229 Å². The molecule has 1 N–H and O–H groups in total. The van der Waals surface area contributed by atoms with Crippen LogP contribution in [0.25, 0.3) is 10.9 Å². The highest BCUT2D eigenvalue weighted by Gasteiger charge is 2.34. The Hall–Kier alpha value is -4.10. The van der Waals surface area contributed by atoms with Gasteiger partial charge in [-0.3, -0.25) is 9.69 Å². The molecule has 0 saturated heterocycles. The van der Waals surface area contributed by atoms with E-state index in [1.165, 1.54) is 5.56 Å². The maximum Gasteiger partial charge on any atom is 0.253 e. The van der Waals surface area contributed by atoms with E-state index in [0.29, 0.717) is 24.5 Å². The predicted octanol–water partition coefficient (Wildman–Crippen LogP) is 5.80. The van der Waals surface area contributed by atoms with Crippen LogP contribution >= 0.6 is 0 Å². The van der Waals surface area contributed by atoms with Crippen LogP contribution in [0.4, 0.5) is 0 Å². The second-order valence-electron chi connectivity index (χ2n) is 10.8. The molecule has 7 heteroatoms. The van der Waals surface area contributed by atoms with Gasteiger partial charge in [0.2, 0.25) is 0 Å². The molecule has 0 radical (unpaired) electrons. The molecule has 1 unspecified atom stereocenters. The number of pyridine rings is 1. The fourth-order valence-electron chi connectivity index (χ4n) is 5.08. The SMILES string of the molecule is CCC(C)(C)n1nnnc1C(c1cc2cccc(C)c2[nH]c1=O)N(CCc1ccccc1)Cc1ccccc1. The molecule has 0 saturated carbocycles. The molecule has 39 heavy (non-hydrogen) atoms. The second-order valence-corrected chi connectivity index (χ2v) is 10.8. The van der Waals surface area contributed by atoms with Crippen molar-refractivity contribution < 1.29 is 0 Å². The molecule has 0 aliphatic heterocycles. The number of hydrogen-bond donors (Lipinski definition) is 1. The molecule has 7 nitrogen and oxygen atoms in total. The minimum Gasteiger partial charge on any atom is -0.321 e. The number of benzene rings is 3. The third kappa shape index (κ3) is 5.68. The molecule has 0 amide bonds. The maximum atomic E-state index is 13.8. The summed E-state index contributed by atoms with van der Waals surface area (Å²) in [5, 5.41) is 14.1. The highest BCUT2D eigenvalue weighted by molar-refractivity contribution is 5.82. The summed E-state index contributed by atoms with van der Waals surface area (Å²) in [5.41, 5.74) is 4.49. The molecule has 0 fully saturated rings. The van der Waals surface area contributed by atoms with Gasteiger partial charge in [0, 0.05) is 18.7 Å². The molecule has 0 bridgehead atoms. The Morgan fingerprint density at radius 1 is 0.949 bits per heavy atom. The van der Waals surface area contributed by atoms with Crippen LogP contribution in [0.5, 0.6) is 0 Å². The molecular weight excluding hydrogens is 484 g/mol. The van der Waals surface area contributed by atoms with E-state index in [2.05, 4.69) is 94.7 Å². The van der Waals surface area contributed by atoms with Gasteiger partial charge in [0.05, 0.1) is 11.1 Å². The third-order valence-corrected chi connectivity index (χ3v) is 7.71. The van der Waals surface area contributed by atoms with Gasteiger partial charge >= 0.3 is 0 Å². The number of H-pyrrole nitrogens is 1. The number of aromatic amines is 1. The Morgan fingerprint density at radius 3 is 2.33 bits per heavy atom. The fraction of sp³-hybridized carbons (Fsp3) is 0.312. The molecule has 2 aromatic heterocycles. The highest BCUT2D eigenvalue weighted by atomic mass is 16.1. The van der Waals surface area contributed by atoms with Gasteiger partial charge in [0.25, 0.3) is 5.56 Å². The van der Waals surface area contributed by atoms with Gasteiger partial charge in [-0.1, -0.05) is 85.8 Å². The molecule has 200 valence electrons. The van der Waals surface area contributed by atoms with E-state index >= 15 is 0 Å². The van der Waals surface area contributed by atoms with Crippen LogP contribution in [0.1, 0.15) is 61.3 Å². The first-order valence-corrected chi connectivity index (χ1v) is 13.6. The van der Waals surface area contributed by atoms with Crippen molar-refractivity contribution >= 4 is 10.9 Å². The molecule has 2 heterocycles. The summed E-state index contributed by atoms with van der Waals surface area (Å²) < 4.78 is 1.90. The smallest absolute Gasteiger partial charge is 0.253 e. The highest BCUT2D eigenvalue weighted by Crippen LogP contribution is 2.32. The summed E-state index contributed by atoms with van der Waals surface area (Å²) in [4.78, 5) is 19.3. The molecule has 0 spiro atoms. The number of para-hydroxylation sites is 1. The summed E-state index contributed by atoms with van der Waals surface area (Å²) in [6.07, 6.45) is 1.67. The Bertz CT molecular complexity index is 1590. The first-order chi connectivity index (χ1) is 18.9. The monoisotopic (exact) mass is 520 g/mol. The summed E-state index contributed by atoms with van der Waals surface area (Å²) in [7, 11) is 0. The normalized spacial score (nSPS) is 12.7. The number of nitrogens with one attached hydrogen (secondary N) is 1. The number of nitrogens with zero attached hydrogens (tertiary/aromatic N) is 5. The van der Waals surface area contributed by atoms with Gasteiger partial charge < -0.3 is 4.98 Å². The van der Waals surface area contributed by atoms with Gasteiger partial charge in [-0.05, 0) is 72.2 Å². The van der Waals surface area contributed by atoms with Crippen molar-refractivity contribution in [1.82, 2.24) is 30.1 Å². The lowest BCUT2D eigenvalue weighted by molar-refractivity contribution is 0.190. The van der Waals surface area contributed by atoms with Crippen molar-refractivity contribution in [2.24, 2.45) is 0 Å². The minimum absolute atomic E-state index is 0.122. The maximum absolute atomic E-state index is 13.8. The Balaban J connectivity index is 1.69. The molecule has 3 aromatic carbocycles. The van der Waals surface area contributed by atoms with Crippen molar-refractivity contribution in [3.63, 3.8) is 0 Å². The minimum atomic E-state index is -0.455. The van der Waals surface area contributed by atoms with Crippen LogP contribution in [0.2, 0.25) is 0 Å². The van der Waals surface area contributed by atoms with Crippen LogP contribution in [-0.2, 0) is 18.5 Å². The van der Waals surface area contributed by atoms with Crippen molar-refractivity contribution in [1.29, 1.82) is 0 Å². The zero-order valence-electron chi connectivity index (χ0n) is 23.1. The summed E-state index contributed by atoms with van der Waals surface area (Å²) >= 11 is 0. The van der Waals surface area contributed by atoms with E-state index in [1.807, 2.05) is 48.0 Å². The standard InChI is InChI=1S/C32H36N6O/c1-5-32(3,4)38-30(34-35-36-38)29(27-21-26-18-12-13-23(2)28(26)33-31(27)39)37(22-25-16-10-7-11-17-25)20-19-24-14-8-6-9-15-24/h6-18,21,29H,5,19-20,22H2,1-4H3,(H,33,39). The van der Waals surface area contributed by atoms with Crippen LogP contribution in [-0.4, -0.2) is 36.6 Å². The summed E-state index contributed by atoms with van der Waals surface area (Å²) in [5.74, 6) is 0.670. The fourth-order valence-corrected chi connectivity index (χ4v) is 5.08.